The Morgan fingerprint density at radius 1 is 0.889 bits per heavy atom. The van der Waals surface area contributed by atoms with E-state index in [1.807, 2.05) is 89.8 Å². The predicted octanol–water partition coefficient (Wildman–Crippen LogP) is 5.19. The van der Waals surface area contributed by atoms with Crippen LogP contribution in [0.5, 0.6) is 5.75 Å². The lowest BCUT2D eigenvalue weighted by Crippen LogP contribution is -2.48. The van der Waals surface area contributed by atoms with Crippen LogP contribution < -0.4 is 15.0 Å². The van der Waals surface area contributed by atoms with E-state index in [4.69, 9.17) is 4.74 Å². The zero-order valence-corrected chi connectivity index (χ0v) is 20.9. The quantitative estimate of drug-likeness (QED) is 0.448. The molecule has 0 saturated carbocycles. The summed E-state index contributed by atoms with van der Waals surface area (Å²) in [6.07, 6.45) is 3.50. The number of amides is 2. The van der Waals surface area contributed by atoms with Crippen LogP contribution in [0.15, 0.2) is 84.9 Å². The number of carbonyl (C=O) groups is 2. The maximum absolute atomic E-state index is 12.5. The van der Waals surface area contributed by atoms with Gasteiger partial charge in [0.1, 0.15) is 5.75 Å². The Hall–Kier alpha value is -4.06. The molecule has 36 heavy (non-hydrogen) atoms. The number of nitrogens with one attached hydrogen (secondary N) is 1. The molecule has 1 saturated heterocycles. The Kier molecular flexibility index (Phi) is 8.40. The third-order valence-electron chi connectivity index (χ3n) is 6.24. The lowest BCUT2D eigenvalue weighted by Gasteiger charge is -2.35. The summed E-state index contributed by atoms with van der Waals surface area (Å²) in [5, 5.41) is 2.88. The van der Waals surface area contributed by atoms with Gasteiger partial charge >= 0.3 is 0 Å². The maximum Gasteiger partial charge on any atom is 0.262 e. The van der Waals surface area contributed by atoms with Gasteiger partial charge in [0.25, 0.3) is 5.91 Å². The molecular weight excluding hydrogens is 450 g/mol. The van der Waals surface area contributed by atoms with Crippen LogP contribution in [0.1, 0.15) is 30.9 Å². The molecule has 2 amide bonds. The van der Waals surface area contributed by atoms with Crippen molar-refractivity contribution in [2.75, 3.05) is 43.0 Å². The number of nitrogens with zero attached hydrogens (tertiary/aromatic N) is 2. The van der Waals surface area contributed by atoms with Gasteiger partial charge in [-0.25, -0.2) is 0 Å². The molecule has 3 aromatic carbocycles. The number of benzene rings is 3. The molecule has 1 N–H and O–H groups in total. The Morgan fingerprint density at radius 3 is 2.19 bits per heavy atom. The van der Waals surface area contributed by atoms with Crippen molar-refractivity contribution in [3.63, 3.8) is 0 Å². The van der Waals surface area contributed by atoms with Gasteiger partial charge in [-0.05, 0) is 59.5 Å². The van der Waals surface area contributed by atoms with Gasteiger partial charge in [-0.1, -0.05) is 56.3 Å². The van der Waals surface area contributed by atoms with E-state index >= 15 is 0 Å². The molecule has 186 valence electrons. The van der Waals surface area contributed by atoms with Crippen LogP contribution in [0.4, 0.5) is 11.4 Å². The van der Waals surface area contributed by atoms with Crippen molar-refractivity contribution in [3.05, 3.63) is 96.1 Å². The van der Waals surface area contributed by atoms with Crippen molar-refractivity contribution >= 4 is 29.3 Å². The normalized spacial score (nSPS) is 13.8. The fraction of sp³-hybridized carbons (Fsp3) is 0.267. The summed E-state index contributed by atoms with van der Waals surface area (Å²) in [7, 11) is 0. The van der Waals surface area contributed by atoms with Crippen LogP contribution in [-0.4, -0.2) is 49.5 Å². The van der Waals surface area contributed by atoms with Crippen LogP contribution in [0.25, 0.3) is 6.08 Å². The molecule has 0 aromatic heterocycles. The monoisotopic (exact) mass is 483 g/mol. The second-order valence-electron chi connectivity index (χ2n) is 9.16. The standard InChI is InChI=1S/C30H33N3O3/c1-23(2)25-9-15-28(16-10-25)36-22-29(34)31-26-11-13-27(14-12-26)32-18-20-33(21-19-32)30(35)17-8-24-6-4-3-5-7-24/h3-17,23H,18-22H2,1-2H3,(H,31,34)/b17-8+. The van der Waals surface area contributed by atoms with Gasteiger partial charge < -0.3 is 19.9 Å². The van der Waals surface area contributed by atoms with Crippen LogP contribution >= 0.6 is 0 Å². The highest BCUT2D eigenvalue weighted by molar-refractivity contribution is 5.92. The van der Waals surface area contributed by atoms with Gasteiger partial charge in [0.2, 0.25) is 5.91 Å². The number of hydrogen-bond acceptors (Lipinski definition) is 4. The summed E-state index contributed by atoms with van der Waals surface area (Å²) in [5.41, 5.74) is 4.05. The highest BCUT2D eigenvalue weighted by Crippen LogP contribution is 2.21. The molecule has 0 aliphatic carbocycles. The smallest absolute Gasteiger partial charge is 0.262 e. The first-order chi connectivity index (χ1) is 17.5. The molecule has 4 rings (SSSR count). The minimum Gasteiger partial charge on any atom is -0.484 e. The van der Waals surface area contributed by atoms with Crippen molar-refractivity contribution in [1.29, 1.82) is 0 Å². The number of rotatable bonds is 8. The summed E-state index contributed by atoms with van der Waals surface area (Å²) in [6, 6.07) is 25.4. The SMILES string of the molecule is CC(C)c1ccc(OCC(=O)Nc2ccc(N3CCN(C(=O)/C=C/c4ccccc4)CC3)cc2)cc1. The summed E-state index contributed by atoms with van der Waals surface area (Å²) in [4.78, 5) is 28.9. The zero-order valence-electron chi connectivity index (χ0n) is 20.9. The molecule has 1 aliphatic rings. The summed E-state index contributed by atoms with van der Waals surface area (Å²) in [5.74, 6) is 0.970. The minimum atomic E-state index is -0.202. The van der Waals surface area contributed by atoms with Crippen molar-refractivity contribution in [3.8, 4) is 5.75 Å². The molecule has 1 heterocycles. The van der Waals surface area contributed by atoms with E-state index in [1.54, 1.807) is 6.08 Å². The van der Waals surface area contributed by atoms with Gasteiger partial charge in [0.15, 0.2) is 6.61 Å². The Labute approximate surface area is 213 Å². The zero-order chi connectivity index (χ0) is 25.3. The Morgan fingerprint density at radius 2 is 1.56 bits per heavy atom. The third-order valence-corrected chi connectivity index (χ3v) is 6.24. The van der Waals surface area contributed by atoms with Crippen molar-refractivity contribution in [1.82, 2.24) is 4.90 Å². The first-order valence-electron chi connectivity index (χ1n) is 12.4. The molecular formula is C30H33N3O3. The number of piperazine rings is 1. The van der Waals surface area contributed by atoms with E-state index in [1.165, 1.54) is 5.56 Å². The lowest BCUT2D eigenvalue weighted by atomic mass is 10.0. The average Bonchev–Trinajstić information content (AvgIpc) is 2.92. The van der Waals surface area contributed by atoms with Gasteiger partial charge in [-0.3, -0.25) is 9.59 Å². The molecule has 0 atom stereocenters. The van der Waals surface area contributed by atoms with Crippen molar-refractivity contribution < 1.29 is 14.3 Å². The highest BCUT2D eigenvalue weighted by Gasteiger charge is 2.20. The Balaban J connectivity index is 1.21. The average molecular weight is 484 g/mol. The number of anilines is 2. The van der Waals surface area contributed by atoms with Gasteiger partial charge in [-0.2, -0.15) is 0 Å². The predicted molar refractivity (Wildman–Crippen MR) is 145 cm³/mol. The molecule has 6 nitrogen and oxygen atoms in total. The second-order valence-corrected chi connectivity index (χ2v) is 9.16. The van der Waals surface area contributed by atoms with E-state index < -0.39 is 0 Å². The first kappa shape index (κ1) is 25.0. The van der Waals surface area contributed by atoms with Crippen LogP contribution in [-0.2, 0) is 9.59 Å². The van der Waals surface area contributed by atoms with Crippen LogP contribution in [0.3, 0.4) is 0 Å². The van der Waals surface area contributed by atoms with E-state index in [2.05, 4.69) is 24.1 Å². The topological polar surface area (TPSA) is 61.9 Å². The Bertz CT molecular complexity index is 1160. The summed E-state index contributed by atoms with van der Waals surface area (Å²) < 4.78 is 5.61. The third kappa shape index (κ3) is 6.98. The van der Waals surface area contributed by atoms with Crippen LogP contribution in [0, 0.1) is 0 Å². The minimum absolute atomic E-state index is 0.0367. The first-order valence-corrected chi connectivity index (χ1v) is 12.4. The molecule has 1 fully saturated rings. The fourth-order valence-electron chi connectivity index (χ4n) is 4.07. The lowest BCUT2D eigenvalue weighted by molar-refractivity contribution is -0.126. The van der Waals surface area contributed by atoms with E-state index in [0.29, 0.717) is 24.8 Å². The maximum atomic E-state index is 12.5. The molecule has 6 heteroatoms. The number of hydrogen-bond donors (Lipinski definition) is 1. The van der Waals surface area contributed by atoms with E-state index in [9.17, 15) is 9.59 Å². The van der Waals surface area contributed by atoms with Crippen molar-refractivity contribution in [2.24, 2.45) is 0 Å². The van der Waals surface area contributed by atoms with Gasteiger partial charge in [0, 0.05) is 43.6 Å². The van der Waals surface area contributed by atoms with Crippen LogP contribution in [0.2, 0.25) is 0 Å². The molecule has 0 unspecified atom stereocenters. The second kappa shape index (κ2) is 12.1. The molecule has 0 spiro atoms. The highest BCUT2D eigenvalue weighted by atomic mass is 16.5. The molecule has 1 aliphatic heterocycles. The fourth-order valence-corrected chi connectivity index (χ4v) is 4.07. The number of ether oxygens (including phenoxy) is 1. The van der Waals surface area contributed by atoms with Gasteiger partial charge in [-0.15, -0.1) is 0 Å². The molecule has 3 aromatic rings. The molecule has 0 radical (unpaired) electrons. The van der Waals surface area contributed by atoms with Crippen molar-refractivity contribution in [2.45, 2.75) is 19.8 Å². The summed E-state index contributed by atoms with van der Waals surface area (Å²) in [6.45, 7) is 7.11. The molecule has 0 bridgehead atoms. The van der Waals surface area contributed by atoms with E-state index in [-0.39, 0.29) is 18.4 Å². The largest absolute Gasteiger partial charge is 0.484 e. The summed E-state index contributed by atoms with van der Waals surface area (Å²) >= 11 is 0. The van der Waals surface area contributed by atoms with Gasteiger partial charge in [0.05, 0.1) is 0 Å². The number of carbonyl (C=O) groups excluding carboxylic acids is 2. The van der Waals surface area contributed by atoms with E-state index in [0.717, 1.165) is 30.0 Å².